The molecule has 5 aromatic carbocycles. The normalized spacial score (nSPS) is 20.4. The van der Waals surface area contributed by atoms with Crippen molar-refractivity contribution in [2.45, 2.75) is 247 Å². The monoisotopic (exact) mass is 1840 g/mol. The number of thiophene rings is 1. The number of nitrogens with zero attached hydrogens (tertiary/aromatic N) is 1. The SMILES string of the molecule is CCC(C)(C)C(=O)OC(C)(C)C1CC[NH2+]CC1.CCC(C)(C)C(=O)OC1(C)CCCC1.CCC(C)(C)C(=O)OC12CC3CC(C1)CC(C(=O)OC(CS(=O)(=O)[O-])C(F)(F)F)(C3)C2.CCC(C)(C)c1cccc(O)c1.O=S(=O)(N=C([O-])c1cc(I)ccc1I)C(F)(F)F.c1ccc(-[s+]2c3ccccc3c3ccccc32)cc1. The summed E-state index contributed by atoms with van der Waals surface area (Å²) in [6.45, 7) is 32.2. The fraction of sp³-hybridized carbons (Fsp3) is 0.578. The third kappa shape index (κ3) is 25.7. The molecular weight excluding hydrogens is 1730 g/mol. The molecule has 111 heavy (non-hydrogen) atoms. The first-order chi connectivity index (χ1) is 51.2. The molecule has 1 aliphatic heterocycles. The molecule has 1 saturated heterocycles. The van der Waals surface area contributed by atoms with Gasteiger partial charge in [-0.1, -0.05) is 96.1 Å². The number of benzene rings is 5. The summed E-state index contributed by atoms with van der Waals surface area (Å²) in [5.41, 5.74) is -8.54. The number of carbonyl (C=O) groups excluding carboxylic acids is 4. The maximum Gasteiger partial charge on any atom is 0.518 e. The molecule has 17 nitrogen and oxygen atoms in total. The van der Waals surface area contributed by atoms with Crippen molar-refractivity contribution in [3.63, 3.8) is 0 Å². The maximum atomic E-state index is 13.3. The van der Waals surface area contributed by atoms with Gasteiger partial charge in [0.05, 0.1) is 50.6 Å². The molecule has 6 aromatic rings. The van der Waals surface area contributed by atoms with Crippen LogP contribution in [-0.4, -0.2) is 110 Å². The molecule has 5 saturated carbocycles. The summed E-state index contributed by atoms with van der Waals surface area (Å²) in [7, 11) is -11.0. The number of esters is 4. The number of alkyl halides is 6. The Morgan fingerprint density at radius 3 is 1.62 bits per heavy atom. The van der Waals surface area contributed by atoms with Crippen molar-refractivity contribution in [3.8, 4) is 10.6 Å². The topological polar surface area (TPSA) is 269 Å². The second kappa shape index (κ2) is 37.9. The minimum Gasteiger partial charge on any atom is -0.858 e. The summed E-state index contributed by atoms with van der Waals surface area (Å²) in [5, 5.41) is 25.8. The molecule has 3 unspecified atom stereocenters. The first-order valence-corrected chi connectivity index (χ1v) is 44.2. The Morgan fingerprint density at radius 1 is 0.649 bits per heavy atom. The van der Waals surface area contributed by atoms with Crippen LogP contribution in [0.1, 0.15) is 218 Å². The number of fused-ring (bicyclic) bond motifs is 3. The third-order valence-corrected chi connectivity index (χ3v) is 28.1. The molecule has 0 spiro atoms. The molecule has 28 heteroatoms. The third-order valence-electron chi connectivity index (χ3n) is 22.5. The summed E-state index contributed by atoms with van der Waals surface area (Å²) < 4.78 is 158. The average Bonchev–Trinajstić information content (AvgIpc) is 1.27. The maximum absolute atomic E-state index is 13.3. The molecule has 616 valence electrons. The van der Waals surface area contributed by atoms with Gasteiger partial charge in [-0.15, -0.1) is 0 Å². The number of rotatable bonds is 19. The van der Waals surface area contributed by atoms with Crippen LogP contribution >= 0.6 is 55.7 Å². The van der Waals surface area contributed by atoms with Crippen molar-refractivity contribution in [1.82, 2.24) is 0 Å². The number of carbonyl (C=O) groups is 4. The van der Waals surface area contributed by atoms with E-state index in [0.29, 0.717) is 50.9 Å². The molecule has 6 aliphatic rings. The van der Waals surface area contributed by atoms with Gasteiger partial charge in [-0.25, -0.2) is 8.42 Å². The fourth-order valence-electron chi connectivity index (χ4n) is 14.3. The van der Waals surface area contributed by atoms with Crippen molar-refractivity contribution >= 4 is 126 Å². The van der Waals surface area contributed by atoms with E-state index in [-0.39, 0.29) is 73.7 Å². The smallest absolute Gasteiger partial charge is 0.518 e. The van der Waals surface area contributed by atoms with E-state index >= 15 is 0 Å². The molecule has 0 amide bonds. The van der Waals surface area contributed by atoms with Crippen molar-refractivity contribution in [2.24, 2.45) is 43.8 Å². The van der Waals surface area contributed by atoms with Crippen LogP contribution in [0, 0.1) is 46.6 Å². The highest BCUT2D eigenvalue weighted by Gasteiger charge is 2.64. The number of hydrogen-bond donors (Lipinski definition) is 2. The molecule has 12 rings (SSSR count). The predicted molar refractivity (Wildman–Crippen MR) is 436 cm³/mol. The zero-order valence-electron chi connectivity index (χ0n) is 66.2. The van der Waals surface area contributed by atoms with Crippen LogP contribution in [0.2, 0.25) is 0 Å². The lowest BCUT2D eigenvalue weighted by molar-refractivity contribution is -0.665. The van der Waals surface area contributed by atoms with Gasteiger partial charge in [-0.3, -0.25) is 19.2 Å². The minimum atomic E-state index is -5.81. The lowest BCUT2D eigenvalue weighted by Gasteiger charge is -2.60. The Bertz CT molecular complexity index is 4370. The van der Waals surface area contributed by atoms with Crippen molar-refractivity contribution in [3.05, 3.63) is 140 Å². The van der Waals surface area contributed by atoms with Crippen molar-refractivity contribution in [1.29, 1.82) is 0 Å². The van der Waals surface area contributed by atoms with E-state index in [0.717, 1.165) is 64.5 Å². The van der Waals surface area contributed by atoms with E-state index in [1.807, 2.05) is 83.2 Å². The van der Waals surface area contributed by atoms with Gasteiger partial charge >= 0.3 is 45.6 Å². The van der Waals surface area contributed by atoms with Gasteiger partial charge in [0, 0.05) is 65.0 Å². The number of hydrogen-bond acceptors (Lipinski definition) is 15. The fourth-order valence-corrected chi connectivity index (χ4v) is 18.8. The van der Waals surface area contributed by atoms with Crippen LogP contribution in [0.3, 0.4) is 0 Å². The van der Waals surface area contributed by atoms with E-state index in [9.17, 15) is 77.1 Å². The Balaban J connectivity index is 0.000000214. The molecule has 0 radical (unpaired) electrons. The number of halogens is 8. The van der Waals surface area contributed by atoms with Gasteiger partial charge < -0.3 is 39.0 Å². The highest BCUT2D eigenvalue weighted by Crippen LogP contribution is 2.64. The van der Waals surface area contributed by atoms with E-state index in [1.54, 1.807) is 48.6 Å². The number of quaternary nitrogens is 1. The molecule has 3 N–H and O–H groups in total. The van der Waals surface area contributed by atoms with Gasteiger partial charge in [0.15, 0.2) is 14.3 Å². The Morgan fingerprint density at radius 2 is 1.14 bits per heavy atom. The summed E-state index contributed by atoms with van der Waals surface area (Å²) in [4.78, 5) is 51.1. The first-order valence-electron chi connectivity index (χ1n) is 37.8. The Hall–Kier alpha value is -5.67. The van der Waals surface area contributed by atoms with Crippen LogP contribution in [0.25, 0.3) is 25.1 Å². The quantitative estimate of drug-likeness (QED) is 0.0112. The standard InChI is InChI=1S/C20H29F3O7S.C18H13S.C14H27NO2.C12H22O2.C11H16O.C8H4F3I2NO3S/c1-4-17(2,3)15(24)30-19-8-12-5-13(9-19)7-18(6-12,11-19)16(25)29-14(20(21,22)23)10-31(26,27)28;1-2-8-14(9-3-1)19-17-12-6-4-10-15(17)16-11-5-7-13-18(16)19;1-6-13(2,3)12(16)17-14(4,5)11-7-9-15-10-8-11;1-5-11(2,3)10(13)14-12(4)8-6-7-9-12;1-4-11(2,3)9-6-5-7-10(12)8-9;9-8(10,11)18(16,17)14-7(15)5-3-4(12)1-2-6(5)13/h12-14H,4-11H2,1-3H3,(H,26,27,28);1-13H;11,15H,6-10H2,1-5H3;5-9H2,1-4H3;5-8,12H,4H2,1-3H3;1-3H,(H,14,15)/q;+1;;;;/p-1. The number of ether oxygens (including phenoxy) is 4. The predicted octanol–water partition coefficient (Wildman–Crippen LogP) is 19.0. The van der Waals surface area contributed by atoms with Crippen LogP contribution in [0.15, 0.2) is 126 Å². The average molecular weight is 1840 g/mol. The highest BCUT2D eigenvalue weighted by atomic mass is 127. The first kappa shape index (κ1) is 94.2. The van der Waals surface area contributed by atoms with Gasteiger partial charge in [0.1, 0.15) is 22.6 Å². The molecule has 2 heterocycles. The minimum absolute atomic E-state index is 0.00100. The van der Waals surface area contributed by atoms with E-state index in [1.165, 1.54) is 55.6 Å². The highest BCUT2D eigenvalue weighted by molar-refractivity contribution is 14.1. The van der Waals surface area contributed by atoms with E-state index in [2.05, 4.69) is 141 Å². The van der Waals surface area contributed by atoms with Gasteiger partial charge in [-0.05, 0) is 281 Å². The second-order valence-electron chi connectivity index (χ2n) is 33.2. The number of phenolic OH excluding ortho intramolecular Hbond substituents is 1. The Labute approximate surface area is 681 Å². The molecule has 6 fully saturated rings. The summed E-state index contributed by atoms with van der Waals surface area (Å²) in [6.07, 6.45) is 4.32. The van der Waals surface area contributed by atoms with Crippen molar-refractivity contribution in [2.75, 3.05) is 18.8 Å². The summed E-state index contributed by atoms with van der Waals surface area (Å²) >= 11 is 3.54. The van der Waals surface area contributed by atoms with Crippen LogP contribution in [0.5, 0.6) is 5.75 Å². The summed E-state index contributed by atoms with van der Waals surface area (Å²) in [6, 6.07) is 40.3. The van der Waals surface area contributed by atoms with Crippen LogP contribution < -0.4 is 10.4 Å². The number of phenols is 1. The van der Waals surface area contributed by atoms with Crippen molar-refractivity contribution < 1.29 is 101 Å². The van der Waals surface area contributed by atoms with Crippen LogP contribution in [-0.2, 0) is 63.7 Å². The lowest BCUT2D eigenvalue weighted by Crippen LogP contribution is -2.86. The molecule has 5 aliphatic carbocycles. The lowest BCUT2D eigenvalue weighted by atomic mass is 9.48. The Kier molecular flexibility index (Phi) is 32.2. The van der Waals surface area contributed by atoms with Gasteiger partial charge in [-0.2, -0.15) is 39.2 Å². The number of nitrogens with two attached hydrogens (primary N) is 1. The zero-order chi connectivity index (χ0) is 83.4. The number of sulfonamides is 1. The number of aromatic hydroxyl groups is 1. The van der Waals surface area contributed by atoms with Gasteiger partial charge in [0.2, 0.25) is 6.10 Å². The second-order valence-corrected chi connectivity index (χ2v) is 40.6. The molecule has 3 atom stereocenters. The number of piperidine rings is 1. The molecule has 4 bridgehead atoms. The van der Waals surface area contributed by atoms with Crippen LogP contribution in [0.4, 0.5) is 26.3 Å². The van der Waals surface area contributed by atoms with Gasteiger partial charge in [0.25, 0.3) is 0 Å². The van der Waals surface area contributed by atoms with E-state index < -0.39 is 78.0 Å². The zero-order valence-corrected chi connectivity index (χ0v) is 73.0. The van der Waals surface area contributed by atoms with E-state index in [4.69, 9.17) is 14.2 Å². The molecular formula is C83H110F6I2N2O15S3. The molecule has 1 aromatic heterocycles. The summed E-state index contributed by atoms with van der Waals surface area (Å²) in [5.74, 6) is -4.11. The largest absolute Gasteiger partial charge is 0.858 e.